The normalized spacial score (nSPS) is 17.3. The van der Waals surface area contributed by atoms with Gasteiger partial charge in [0, 0.05) is 31.6 Å². The molecule has 0 unspecified atom stereocenters. The molecule has 1 heterocycles. The topological polar surface area (TPSA) is 107 Å². The molecule has 1 aromatic heterocycles. The molecule has 1 aliphatic carbocycles. The lowest BCUT2D eigenvalue weighted by atomic mass is 9.90. The lowest BCUT2D eigenvalue weighted by Crippen LogP contribution is -2.41. The number of rotatable bonds is 5. The number of carbonyl (C=O) groups excluding carboxylic acids is 1. The standard InChI is InChI=1S/C25H25F6N5O.C2HF3O2/c1-36(2)21-17-5-3-4-6-20(17)34-23(35-21)33-16-10-8-15(9-11-16)32-22(37)18-13-14(24(26,27)28)7-12-19(18)25(29,30)31;3-2(4,5)1(6)7/h3-7,12-13,15-16H,8-11H2,1-2H3,(H,32,37)(H,33,34,35);(H,6,7). The first-order chi connectivity index (χ1) is 20.3. The Morgan fingerprint density at radius 1 is 0.841 bits per heavy atom. The molecule has 1 fully saturated rings. The Kier molecular flexibility index (Phi) is 10.2. The van der Waals surface area contributed by atoms with E-state index in [-0.39, 0.29) is 12.1 Å². The minimum atomic E-state index is -5.08. The fourth-order valence-corrected chi connectivity index (χ4v) is 4.45. The monoisotopic (exact) mass is 639 g/mol. The maximum absolute atomic E-state index is 13.4. The molecule has 0 spiro atoms. The number of nitrogens with zero attached hydrogens (tertiary/aromatic N) is 3. The summed E-state index contributed by atoms with van der Waals surface area (Å²) in [5.41, 5.74) is -2.99. The van der Waals surface area contributed by atoms with Gasteiger partial charge in [-0.3, -0.25) is 4.79 Å². The molecule has 17 heteroatoms. The van der Waals surface area contributed by atoms with E-state index in [1.165, 1.54) is 0 Å². The molecule has 2 aromatic carbocycles. The summed E-state index contributed by atoms with van der Waals surface area (Å²) in [4.78, 5) is 32.6. The van der Waals surface area contributed by atoms with Crippen molar-refractivity contribution in [3.8, 4) is 0 Å². The van der Waals surface area contributed by atoms with Gasteiger partial charge in [-0.05, 0) is 56.0 Å². The molecule has 1 saturated carbocycles. The van der Waals surface area contributed by atoms with Gasteiger partial charge in [-0.1, -0.05) is 12.1 Å². The quantitative estimate of drug-likeness (QED) is 0.273. The van der Waals surface area contributed by atoms with Crippen LogP contribution < -0.4 is 15.5 Å². The smallest absolute Gasteiger partial charge is 0.475 e. The lowest BCUT2D eigenvalue weighted by molar-refractivity contribution is -0.192. The summed E-state index contributed by atoms with van der Waals surface area (Å²) >= 11 is 0. The highest BCUT2D eigenvalue weighted by Gasteiger charge is 2.39. The Bertz CT molecular complexity index is 1480. The van der Waals surface area contributed by atoms with E-state index in [0.29, 0.717) is 43.8 Å². The highest BCUT2D eigenvalue weighted by atomic mass is 19.4. The van der Waals surface area contributed by atoms with E-state index in [1.807, 2.05) is 43.3 Å². The van der Waals surface area contributed by atoms with Crippen molar-refractivity contribution < 1.29 is 54.2 Å². The summed E-state index contributed by atoms with van der Waals surface area (Å²) in [7, 11) is 3.75. The molecule has 0 saturated heterocycles. The first-order valence-electron chi connectivity index (χ1n) is 12.9. The Hall–Kier alpha value is -4.31. The van der Waals surface area contributed by atoms with Gasteiger partial charge in [0.25, 0.3) is 5.91 Å². The second-order valence-corrected chi connectivity index (χ2v) is 10.0. The first-order valence-corrected chi connectivity index (χ1v) is 12.9. The zero-order valence-corrected chi connectivity index (χ0v) is 23.0. The number of carboxylic acids is 1. The average molecular weight is 640 g/mol. The minimum absolute atomic E-state index is 0.0383. The van der Waals surface area contributed by atoms with Crippen molar-refractivity contribution in [2.75, 3.05) is 24.3 Å². The number of hydrogen-bond acceptors (Lipinski definition) is 6. The maximum Gasteiger partial charge on any atom is 0.490 e. The minimum Gasteiger partial charge on any atom is -0.475 e. The fraction of sp³-hybridized carbons (Fsp3) is 0.407. The van der Waals surface area contributed by atoms with E-state index >= 15 is 0 Å². The van der Waals surface area contributed by atoms with E-state index in [2.05, 4.69) is 20.6 Å². The number of amides is 1. The van der Waals surface area contributed by atoms with Crippen molar-refractivity contribution in [1.82, 2.24) is 15.3 Å². The second-order valence-electron chi connectivity index (χ2n) is 10.0. The third-order valence-electron chi connectivity index (χ3n) is 6.54. The molecular formula is C27H26F9N5O3. The van der Waals surface area contributed by atoms with Crippen LogP contribution in [0, 0.1) is 0 Å². The first kappa shape index (κ1) is 34.2. The van der Waals surface area contributed by atoms with Crippen LogP contribution in [0.1, 0.15) is 47.2 Å². The van der Waals surface area contributed by atoms with Gasteiger partial charge in [0.1, 0.15) is 5.82 Å². The number of nitrogens with one attached hydrogen (secondary N) is 2. The maximum atomic E-state index is 13.4. The summed E-state index contributed by atoms with van der Waals surface area (Å²) in [6.07, 6.45) is -12.9. The number of hydrogen-bond donors (Lipinski definition) is 3. The molecule has 44 heavy (non-hydrogen) atoms. The summed E-state index contributed by atoms with van der Waals surface area (Å²) in [5.74, 6) is -2.75. The second kappa shape index (κ2) is 13.1. The van der Waals surface area contributed by atoms with Crippen LogP contribution >= 0.6 is 0 Å². The molecule has 4 rings (SSSR count). The molecule has 0 radical (unpaired) electrons. The zero-order chi connectivity index (χ0) is 33.0. The van der Waals surface area contributed by atoms with E-state index < -0.39 is 53.1 Å². The van der Waals surface area contributed by atoms with Gasteiger partial charge in [-0.25, -0.2) is 9.78 Å². The molecule has 3 aromatic rings. The molecule has 1 amide bonds. The lowest BCUT2D eigenvalue weighted by Gasteiger charge is -2.30. The summed E-state index contributed by atoms with van der Waals surface area (Å²) in [5, 5.41) is 13.8. The van der Waals surface area contributed by atoms with Crippen LogP contribution in [0.4, 0.5) is 51.3 Å². The van der Waals surface area contributed by atoms with E-state index in [0.717, 1.165) is 16.7 Å². The molecule has 0 aliphatic heterocycles. The van der Waals surface area contributed by atoms with E-state index in [4.69, 9.17) is 9.90 Å². The van der Waals surface area contributed by atoms with Crippen molar-refractivity contribution in [2.45, 2.75) is 56.3 Å². The number of carbonyl (C=O) groups is 2. The summed E-state index contributed by atoms with van der Waals surface area (Å²) in [6, 6.07) is 7.95. The predicted molar refractivity (Wildman–Crippen MR) is 141 cm³/mol. The van der Waals surface area contributed by atoms with Crippen molar-refractivity contribution >= 4 is 34.5 Å². The van der Waals surface area contributed by atoms with Crippen molar-refractivity contribution in [3.05, 3.63) is 59.2 Å². The number of aliphatic carboxylic acids is 1. The average Bonchev–Trinajstić information content (AvgIpc) is 2.92. The van der Waals surface area contributed by atoms with Crippen LogP contribution in [0.15, 0.2) is 42.5 Å². The van der Waals surface area contributed by atoms with Gasteiger partial charge >= 0.3 is 24.5 Å². The van der Waals surface area contributed by atoms with Crippen LogP contribution in [0.3, 0.4) is 0 Å². The number of fused-ring (bicyclic) bond motifs is 1. The number of aromatic nitrogens is 2. The highest BCUT2D eigenvalue weighted by Crippen LogP contribution is 2.37. The Morgan fingerprint density at radius 2 is 1.41 bits per heavy atom. The van der Waals surface area contributed by atoms with Crippen LogP contribution in [0.25, 0.3) is 10.9 Å². The largest absolute Gasteiger partial charge is 0.490 e. The van der Waals surface area contributed by atoms with Gasteiger partial charge in [0.05, 0.1) is 22.2 Å². The number of benzene rings is 2. The molecular weight excluding hydrogens is 613 g/mol. The van der Waals surface area contributed by atoms with Gasteiger partial charge in [-0.15, -0.1) is 0 Å². The van der Waals surface area contributed by atoms with Crippen molar-refractivity contribution in [2.24, 2.45) is 0 Å². The number of para-hydroxylation sites is 1. The van der Waals surface area contributed by atoms with E-state index in [9.17, 15) is 44.3 Å². The van der Waals surface area contributed by atoms with Crippen LogP contribution in [-0.4, -0.2) is 59.3 Å². The van der Waals surface area contributed by atoms with Crippen LogP contribution in [-0.2, 0) is 17.1 Å². The van der Waals surface area contributed by atoms with Gasteiger partial charge in [0.2, 0.25) is 5.95 Å². The van der Waals surface area contributed by atoms with Crippen molar-refractivity contribution in [1.29, 1.82) is 0 Å². The molecule has 1 aliphatic rings. The summed E-state index contributed by atoms with van der Waals surface area (Å²) < 4.78 is 111. The van der Waals surface area contributed by atoms with E-state index in [1.54, 1.807) is 0 Å². The SMILES string of the molecule is CN(C)c1nc(NC2CCC(NC(=O)c3cc(C(F)(F)F)ccc3C(F)(F)F)CC2)nc2ccccc12.O=C(O)C(F)(F)F. The molecule has 0 atom stereocenters. The highest BCUT2D eigenvalue weighted by molar-refractivity contribution is 5.96. The summed E-state index contributed by atoms with van der Waals surface area (Å²) in [6.45, 7) is 0. The number of alkyl halides is 9. The zero-order valence-electron chi connectivity index (χ0n) is 23.0. The molecule has 240 valence electrons. The van der Waals surface area contributed by atoms with Gasteiger partial charge in [0.15, 0.2) is 0 Å². The van der Waals surface area contributed by atoms with Crippen molar-refractivity contribution in [3.63, 3.8) is 0 Å². The number of carboxylic acid groups (broad SMARTS) is 1. The van der Waals surface area contributed by atoms with Gasteiger partial charge in [-0.2, -0.15) is 44.5 Å². The molecule has 3 N–H and O–H groups in total. The molecule has 0 bridgehead atoms. The third kappa shape index (κ3) is 8.86. The Morgan fingerprint density at radius 3 is 1.93 bits per heavy atom. The number of anilines is 2. The van der Waals surface area contributed by atoms with Crippen LogP contribution in [0.2, 0.25) is 0 Å². The van der Waals surface area contributed by atoms with Crippen LogP contribution in [0.5, 0.6) is 0 Å². The fourth-order valence-electron chi connectivity index (χ4n) is 4.45. The Labute approximate surface area is 244 Å². The predicted octanol–water partition coefficient (Wildman–Crippen LogP) is 6.52. The molecule has 8 nitrogen and oxygen atoms in total. The van der Waals surface area contributed by atoms with Gasteiger partial charge < -0.3 is 20.6 Å². The Balaban J connectivity index is 0.000000676. The number of halogens is 9. The third-order valence-corrected chi connectivity index (χ3v) is 6.54.